The van der Waals surface area contributed by atoms with Gasteiger partial charge in [-0.1, -0.05) is 72.4 Å². The van der Waals surface area contributed by atoms with Crippen LogP contribution >= 0.6 is 0 Å². The monoisotopic (exact) mass is 405 g/mol. The maximum atomic E-state index is 13.1. The van der Waals surface area contributed by atoms with Gasteiger partial charge in [-0.05, 0) is 31.9 Å². The van der Waals surface area contributed by atoms with E-state index in [1.54, 1.807) is 0 Å². The highest BCUT2D eigenvalue weighted by molar-refractivity contribution is 5.78. The van der Waals surface area contributed by atoms with Crippen molar-refractivity contribution in [2.45, 2.75) is 51.6 Å². The molecule has 6 nitrogen and oxygen atoms in total. The highest BCUT2D eigenvalue weighted by Crippen LogP contribution is 2.25. The molecule has 0 radical (unpaired) electrons. The van der Waals surface area contributed by atoms with E-state index >= 15 is 0 Å². The van der Waals surface area contributed by atoms with E-state index in [0.717, 1.165) is 36.8 Å². The Kier molecular flexibility index (Phi) is 6.42. The molecule has 1 fully saturated rings. The van der Waals surface area contributed by atoms with Crippen LogP contribution in [-0.4, -0.2) is 33.6 Å². The molecule has 0 bridgehead atoms. The van der Waals surface area contributed by atoms with E-state index in [1.807, 2.05) is 66.4 Å². The van der Waals surface area contributed by atoms with Crippen LogP contribution in [0, 0.1) is 6.92 Å². The molecule has 0 unspecified atom stereocenters. The molecular formula is C24H27N3O3. The van der Waals surface area contributed by atoms with E-state index in [4.69, 9.17) is 9.26 Å². The Hall–Kier alpha value is -3.15. The molecule has 1 aliphatic carbocycles. The summed E-state index contributed by atoms with van der Waals surface area (Å²) in [7, 11) is 0. The van der Waals surface area contributed by atoms with Gasteiger partial charge in [0, 0.05) is 11.6 Å². The van der Waals surface area contributed by atoms with Gasteiger partial charge < -0.3 is 14.2 Å². The number of hydrogen-bond acceptors (Lipinski definition) is 5. The molecule has 0 aliphatic heterocycles. The van der Waals surface area contributed by atoms with Crippen molar-refractivity contribution in [2.24, 2.45) is 0 Å². The lowest BCUT2D eigenvalue weighted by molar-refractivity contribution is -0.137. The Balaban J connectivity index is 1.46. The predicted octanol–water partition coefficient (Wildman–Crippen LogP) is 4.79. The molecule has 6 heteroatoms. The van der Waals surface area contributed by atoms with Crippen LogP contribution in [0.4, 0.5) is 0 Å². The number of aryl methyl sites for hydroxylation is 1. The lowest BCUT2D eigenvalue weighted by atomic mass is 9.94. The van der Waals surface area contributed by atoms with E-state index in [-0.39, 0.29) is 18.6 Å². The molecule has 1 amide bonds. The van der Waals surface area contributed by atoms with E-state index < -0.39 is 0 Å². The first-order valence-corrected chi connectivity index (χ1v) is 10.6. The maximum absolute atomic E-state index is 13.1. The molecule has 0 spiro atoms. The van der Waals surface area contributed by atoms with Crippen LogP contribution in [-0.2, 0) is 11.3 Å². The molecule has 3 aromatic rings. The molecule has 4 rings (SSSR count). The number of aromatic nitrogens is 2. The second kappa shape index (κ2) is 9.57. The lowest BCUT2D eigenvalue weighted by Gasteiger charge is -2.33. The normalized spacial score (nSPS) is 14.4. The van der Waals surface area contributed by atoms with Crippen LogP contribution in [0.15, 0.2) is 59.1 Å². The van der Waals surface area contributed by atoms with Gasteiger partial charge in [-0.25, -0.2) is 0 Å². The van der Waals surface area contributed by atoms with Gasteiger partial charge in [0.25, 0.3) is 5.91 Å². The van der Waals surface area contributed by atoms with Crippen LogP contribution in [0.25, 0.3) is 11.4 Å². The average Bonchev–Trinajstić information content (AvgIpc) is 3.27. The van der Waals surface area contributed by atoms with Gasteiger partial charge in [0.05, 0.1) is 0 Å². The van der Waals surface area contributed by atoms with Crippen molar-refractivity contribution in [2.75, 3.05) is 6.61 Å². The zero-order valence-electron chi connectivity index (χ0n) is 17.3. The first-order valence-electron chi connectivity index (χ1n) is 10.6. The lowest BCUT2D eigenvalue weighted by Crippen LogP contribution is -2.43. The standard InChI is InChI=1S/C24H27N3O3/c1-18-12-14-21(15-13-18)29-17-23(28)27(20-10-6-3-7-11-20)16-22-25-24(26-30-22)19-8-4-2-5-9-19/h2,4-5,8-9,12-15,20H,3,6-7,10-11,16-17H2,1H3. The summed E-state index contributed by atoms with van der Waals surface area (Å²) in [5.41, 5.74) is 2.05. The Morgan fingerprint density at radius 3 is 2.53 bits per heavy atom. The van der Waals surface area contributed by atoms with Gasteiger partial charge in [0.15, 0.2) is 6.61 Å². The first kappa shape index (κ1) is 20.1. The van der Waals surface area contributed by atoms with Crippen molar-refractivity contribution >= 4 is 5.91 Å². The second-order valence-corrected chi connectivity index (χ2v) is 7.79. The fourth-order valence-corrected chi connectivity index (χ4v) is 3.85. The summed E-state index contributed by atoms with van der Waals surface area (Å²) in [5.74, 6) is 1.63. The number of nitrogens with zero attached hydrogens (tertiary/aromatic N) is 3. The summed E-state index contributed by atoms with van der Waals surface area (Å²) >= 11 is 0. The van der Waals surface area contributed by atoms with E-state index in [2.05, 4.69) is 10.1 Å². The number of hydrogen-bond donors (Lipinski definition) is 0. The van der Waals surface area contributed by atoms with E-state index in [1.165, 1.54) is 6.42 Å². The molecule has 0 saturated heterocycles. The van der Waals surface area contributed by atoms with Crippen LogP contribution in [0.5, 0.6) is 5.75 Å². The number of amides is 1. The van der Waals surface area contributed by atoms with E-state index in [0.29, 0.717) is 24.0 Å². The number of carbonyl (C=O) groups is 1. The third-order valence-electron chi connectivity index (χ3n) is 5.52. The molecule has 0 atom stereocenters. The van der Waals surface area contributed by atoms with Crippen LogP contribution < -0.4 is 4.74 Å². The second-order valence-electron chi connectivity index (χ2n) is 7.79. The Morgan fingerprint density at radius 2 is 1.80 bits per heavy atom. The first-order chi connectivity index (χ1) is 14.7. The van der Waals surface area contributed by atoms with Gasteiger partial charge in [-0.3, -0.25) is 4.79 Å². The van der Waals surface area contributed by atoms with Gasteiger partial charge in [0.2, 0.25) is 11.7 Å². The molecule has 30 heavy (non-hydrogen) atoms. The molecule has 1 saturated carbocycles. The highest BCUT2D eigenvalue weighted by Gasteiger charge is 2.27. The molecule has 0 N–H and O–H groups in total. The highest BCUT2D eigenvalue weighted by atomic mass is 16.5. The Morgan fingerprint density at radius 1 is 1.07 bits per heavy atom. The quantitative estimate of drug-likeness (QED) is 0.566. The minimum absolute atomic E-state index is 0.000753. The van der Waals surface area contributed by atoms with Crippen molar-refractivity contribution in [3.63, 3.8) is 0 Å². The molecule has 1 heterocycles. The van der Waals surface area contributed by atoms with Crippen molar-refractivity contribution in [1.29, 1.82) is 0 Å². The smallest absolute Gasteiger partial charge is 0.261 e. The summed E-state index contributed by atoms with van der Waals surface area (Å²) in [4.78, 5) is 19.4. The van der Waals surface area contributed by atoms with Crippen LogP contribution in [0.3, 0.4) is 0 Å². The van der Waals surface area contributed by atoms with Crippen molar-refractivity contribution in [1.82, 2.24) is 15.0 Å². The topological polar surface area (TPSA) is 68.5 Å². The number of rotatable bonds is 7. The minimum atomic E-state index is -0.0538. The SMILES string of the molecule is Cc1ccc(OCC(=O)N(Cc2nc(-c3ccccc3)no2)C2CCCCC2)cc1. The average molecular weight is 405 g/mol. The van der Waals surface area contributed by atoms with Crippen molar-refractivity contribution in [3.8, 4) is 17.1 Å². The van der Waals surface area contributed by atoms with Gasteiger partial charge in [-0.2, -0.15) is 4.98 Å². The summed E-state index contributed by atoms with van der Waals surface area (Å²) in [6.07, 6.45) is 5.47. The van der Waals surface area contributed by atoms with Gasteiger partial charge in [-0.15, -0.1) is 0 Å². The summed E-state index contributed by atoms with van der Waals surface area (Å²) in [6, 6.07) is 17.6. The Bertz CT molecular complexity index is 947. The molecular weight excluding hydrogens is 378 g/mol. The maximum Gasteiger partial charge on any atom is 0.261 e. The number of benzene rings is 2. The zero-order chi connectivity index (χ0) is 20.8. The molecule has 1 aromatic heterocycles. The third-order valence-corrected chi connectivity index (χ3v) is 5.52. The number of carbonyl (C=O) groups excluding carboxylic acids is 1. The van der Waals surface area contributed by atoms with Crippen LogP contribution in [0.2, 0.25) is 0 Å². The zero-order valence-corrected chi connectivity index (χ0v) is 17.3. The van der Waals surface area contributed by atoms with E-state index in [9.17, 15) is 4.79 Å². The van der Waals surface area contributed by atoms with Crippen LogP contribution in [0.1, 0.15) is 43.6 Å². The van der Waals surface area contributed by atoms with Gasteiger partial charge in [0.1, 0.15) is 12.3 Å². The number of ether oxygens (including phenoxy) is 1. The fourth-order valence-electron chi connectivity index (χ4n) is 3.85. The predicted molar refractivity (Wildman–Crippen MR) is 114 cm³/mol. The molecule has 1 aliphatic rings. The minimum Gasteiger partial charge on any atom is -0.484 e. The Labute approximate surface area is 176 Å². The third kappa shape index (κ3) is 5.06. The summed E-state index contributed by atoms with van der Waals surface area (Å²) in [6.45, 7) is 2.33. The summed E-state index contributed by atoms with van der Waals surface area (Å²) < 4.78 is 11.2. The molecule has 156 valence electrons. The van der Waals surface area contributed by atoms with Gasteiger partial charge >= 0.3 is 0 Å². The van der Waals surface area contributed by atoms with Crippen molar-refractivity contribution < 1.29 is 14.1 Å². The largest absolute Gasteiger partial charge is 0.484 e. The molecule has 2 aromatic carbocycles. The fraction of sp³-hybridized carbons (Fsp3) is 0.375. The van der Waals surface area contributed by atoms with Crippen molar-refractivity contribution in [3.05, 3.63) is 66.1 Å². The summed E-state index contributed by atoms with van der Waals surface area (Å²) in [5, 5.41) is 4.09.